The Morgan fingerprint density at radius 1 is 1.00 bits per heavy atom. The van der Waals surface area contributed by atoms with Gasteiger partial charge in [-0.3, -0.25) is 4.90 Å². The Labute approximate surface area is 113 Å². The Morgan fingerprint density at radius 3 is 2.39 bits per heavy atom. The second-order valence-corrected chi connectivity index (χ2v) is 6.99. The van der Waals surface area contributed by atoms with Gasteiger partial charge in [0.05, 0.1) is 0 Å². The molecule has 3 fully saturated rings. The minimum absolute atomic E-state index is 0.766. The number of hydrogen-bond donors (Lipinski definition) is 1. The standard InChI is InChI=1S/C16H30N2/c1-2-14-12-17-13-15(14)18-10-8-16(9-11-18)6-4-3-5-7-16/h14-15,17H,2-13H2,1H3. The van der Waals surface area contributed by atoms with Gasteiger partial charge in [0.25, 0.3) is 0 Å². The summed E-state index contributed by atoms with van der Waals surface area (Å²) in [4.78, 5) is 2.81. The Hall–Kier alpha value is -0.0800. The normalized spacial score (nSPS) is 37.2. The average molecular weight is 250 g/mol. The molecule has 1 spiro atoms. The molecule has 1 saturated carbocycles. The third kappa shape index (κ3) is 2.46. The predicted molar refractivity (Wildman–Crippen MR) is 76.8 cm³/mol. The van der Waals surface area contributed by atoms with Gasteiger partial charge in [0.1, 0.15) is 0 Å². The maximum Gasteiger partial charge on any atom is 0.0260 e. The predicted octanol–water partition coefficient (Wildman–Crippen LogP) is 3.03. The van der Waals surface area contributed by atoms with Crippen molar-refractivity contribution in [1.82, 2.24) is 10.2 Å². The van der Waals surface area contributed by atoms with E-state index in [1.54, 1.807) is 0 Å². The van der Waals surface area contributed by atoms with Gasteiger partial charge in [-0.15, -0.1) is 0 Å². The fraction of sp³-hybridized carbons (Fsp3) is 1.00. The van der Waals surface area contributed by atoms with E-state index < -0.39 is 0 Å². The molecule has 0 aromatic carbocycles. The zero-order chi connectivity index (χ0) is 12.4. The second kappa shape index (κ2) is 5.50. The Morgan fingerprint density at radius 2 is 1.72 bits per heavy atom. The van der Waals surface area contributed by atoms with Crippen LogP contribution in [-0.4, -0.2) is 37.1 Å². The van der Waals surface area contributed by atoms with Crippen molar-refractivity contribution in [2.75, 3.05) is 26.2 Å². The zero-order valence-electron chi connectivity index (χ0n) is 12.1. The molecule has 2 unspecified atom stereocenters. The number of rotatable bonds is 2. The summed E-state index contributed by atoms with van der Waals surface area (Å²) in [5, 5.41) is 3.60. The molecule has 1 aliphatic carbocycles. The molecule has 2 saturated heterocycles. The van der Waals surface area contributed by atoms with Crippen molar-refractivity contribution >= 4 is 0 Å². The highest BCUT2D eigenvalue weighted by molar-refractivity contribution is 4.94. The van der Waals surface area contributed by atoms with Crippen LogP contribution in [0.3, 0.4) is 0 Å². The molecule has 3 rings (SSSR count). The first-order valence-electron chi connectivity index (χ1n) is 8.28. The van der Waals surface area contributed by atoms with Gasteiger partial charge in [-0.05, 0) is 56.7 Å². The summed E-state index contributed by atoms with van der Waals surface area (Å²) in [5.41, 5.74) is 0.766. The average Bonchev–Trinajstić information content (AvgIpc) is 2.89. The van der Waals surface area contributed by atoms with Crippen molar-refractivity contribution in [1.29, 1.82) is 0 Å². The van der Waals surface area contributed by atoms with Gasteiger partial charge >= 0.3 is 0 Å². The van der Waals surface area contributed by atoms with Crippen molar-refractivity contribution < 1.29 is 0 Å². The molecule has 0 aromatic rings. The molecule has 18 heavy (non-hydrogen) atoms. The summed E-state index contributed by atoms with van der Waals surface area (Å²) in [5.74, 6) is 0.908. The Kier molecular flexibility index (Phi) is 3.95. The molecule has 104 valence electrons. The van der Waals surface area contributed by atoms with Crippen LogP contribution >= 0.6 is 0 Å². The van der Waals surface area contributed by atoms with E-state index in [0.29, 0.717) is 0 Å². The molecule has 1 N–H and O–H groups in total. The minimum atomic E-state index is 0.766. The Balaban J connectivity index is 1.56. The molecule has 3 aliphatic rings. The van der Waals surface area contributed by atoms with Crippen LogP contribution in [0.2, 0.25) is 0 Å². The van der Waals surface area contributed by atoms with Gasteiger partial charge in [-0.2, -0.15) is 0 Å². The maximum absolute atomic E-state index is 3.60. The summed E-state index contributed by atoms with van der Waals surface area (Å²) < 4.78 is 0. The molecular weight excluding hydrogens is 220 g/mol. The van der Waals surface area contributed by atoms with Crippen LogP contribution in [0.15, 0.2) is 0 Å². The van der Waals surface area contributed by atoms with Crippen LogP contribution in [-0.2, 0) is 0 Å². The lowest BCUT2D eigenvalue weighted by Crippen LogP contribution is -2.48. The fourth-order valence-corrected chi connectivity index (χ4v) is 4.69. The quantitative estimate of drug-likeness (QED) is 0.810. The topological polar surface area (TPSA) is 15.3 Å². The highest BCUT2D eigenvalue weighted by atomic mass is 15.2. The minimum Gasteiger partial charge on any atom is -0.315 e. The largest absolute Gasteiger partial charge is 0.315 e. The van der Waals surface area contributed by atoms with Gasteiger partial charge in [-0.25, -0.2) is 0 Å². The van der Waals surface area contributed by atoms with Crippen LogP contribution < -0.4 is 5.32 Å². The molecule has 0 aromatic heterocycles. The van der Waals surface area contributed by atoms with Gasteiger partial charge in [-0.1, -0.05) is 32.6 Å². The highest BCUT2D eigenvalue weighted by Crippen LogP contribution is 2.45. The lowest BCUT2D eigenvalue weighted by molar-refractivity contribution is 0.0387. The highest BCUT2D eigenvalue weighted by Gasteiger charge is 2.39. The van der Waals surface area contributed by atoms with E-state index in [2.05, 4.69) is 17.1 Å². The molecule has 2 aliphatic heterocycles. The third-order valence-electron chi connectivity index (χ3n) is 6.07. The molecule has 0 radical (unpaired) electrons. The van der Waals surface area contributed by atoms with Crippen LogP contribution in [0.4, 0.5) is 0 Å². The summed E-state index contributed by atoms with van der Waals surface area (Å²) >= 11 is 0. The fourth-order valence-electron chi connectivity index (χ4n) is 4.69. The number of nitrogens with zero attached hydrogens (tertiary/aromatic N) is 1. The lowest BCUT2D eigenvalue weighted by atomic mass is 9.68. The first-order chi connectivity index (χ1) is 8.83. The first-order valence-corrected chi connectivity index (χ1v) is 8.28. The number of hydrogen-bond acceptors (Lipinski definition) is 2. The number of piperidine rings is 1. The second-order valence-electron chi connectivity index (χ2n) is 6.99. The van der Waals surface area contributed by atoms with Crippen molar-refractivity contribution in [2.24, 2.45) is 11.3 Å². The monoisotopic (exact) mass is 250 g/mol. The zero-order valence-corrected chi connectivity index (χ0v) is 12.1. The molecule has 2 nitrogen and oxygen atoms in total. The summed E-state index contributed by atoms with van der Waals surface area (Å²) in [6.07, 6.45) is 11.9. The van der Waals surface area contributed by atoms with Crippen LogP contribution in [0.5, 0.6) is 0 Å². The van der Waals surface area contributed by atoms with E-state index in [-0.39, 0.29) is 0 Å². The van der Waals surface area contributed by atoms with E-state index in [0.717, 1.165) is 17.4 Å². The molecular formula is C16H30N2. The van der Waals surface area contributed by atoms with Crippen LogP contribution in [0.25, 0.3) is 0 Å². The van der Waals surface area contributed by atoms with Gasteiger partial charge in [0.2, 0.25) is 0 Å². The molecule has 0 amide bonds. The van der Waals surface area contributed by atoms with E-state index in [1.807, 2.05) is 0 Å². The van der Waals surface area contributed by atoms with Crippen molar-refractivity contribution in [3.63, 3.8) is 0 Å². The van der Waals surface area contributed by atoms with Crippen LogP contribution in [0.1, 0.15) is 58.3 Å². The maximum atomic E-state index is 3.60. The van der Waals surface area contributed by atoms with E-state index in [1.165, 1.54) is 77.5 Å². The third-order valence-corrected chi connectivity index (χ3v) is 6.07. The van der Waals surface area contributed by atoms with Crippen molar-refractivity contribution in [2.45, 2.75) is 64.3 Å². The lowest BCUT2D eigenvalue weighted by Gasteiger charge is -2.46. The van der Waals surface area contributed by atoms with Gasteiger partial charge < -0.3 is 5.32 Å². The Bertz CT molecular complexity index is 260. The van der Waals surface area contributed by atoms with E-state index in [4.69, 9.17) is 0 Å². The number of likely N-dealkylation sites (tertiary alicyclic amines) is 1. The summed E-state index contributed by atoms with van der Waals surface area (Å²) in [7, 11) is 0. The van der Waals surface area contributed by atoms with Crippen LogP contribution in [0, 0.1) is 11.3 Å². The van der Waals surface area contributed by atoms with E-state index >= 15 is 0 Å². The smallest absolute Gasteiger partial charge is 0.0260 e. The molecule has 2 heterocycles. The summed E-state index contributed by atoms with van der Waals surface area (Å²) in [6, 6.07) is 0.843. The first kappa shape index (κ1) is 12.9. The van der Waals surface area contributed by atoms with Gasteiger partial charge in [0.15, 0.2) is 0 Å². The molecule has 2 atom stereocenters. The van der Waals surface area contributed by atoms with Crippen molar-refractivity contribution in [3.8, 4) is 0 Å². The molecule has 0 bridgehead atoms. The van der Waals surface area contributed by atoms with E-state index in [9.17, 15) is 0 Å². The summed E-state index contributed by atoms with van der Waals surface area (Å²) in [6.45, 7) is 7.61. The van der Waals surface area contributed by atoms with Crippen molar-refractivity contribution in [3.05, 3.63) is 0 Å². The SMILES string of the molecule is CCC1CNCC1N1CCC2(CCCCC2)CC1. The van der Waals surface area contributed by atoms with Gasteiger partial charge in [0, 0.05) is 12.6 Å². The number of nitrogens with one attached hydrogen (secondary N) is 1. The molecule has 2 heteroatoms.